The van der Waals surface area contributed by atoms with Gasteiger partial charge < -0.3 is 20.7 Å². The number of anilines is 3. The zero-order valence-corrected chi connectivity index (χ0v) is 21.1. The monoisotopic (exact) mass is 514 g/mol. The lowest BCUT2D eigenvalue weighted by molar-refractivity contribution is 0.0962. The lowest BCUT2D eigenvalue weighted by Crippen LogP contribution is -2.39. The van der Waals surface area contributed by atoms with Crippen molar-refractivity contribution in [3.05, 3.63) is 71.2 Å². The van der Waals surface area contributed by atoms with E-state index < -0.39 is 27.9 Å². The van der Waals surface area contributed by atoms with Crippen LogP contribution in [0.5, 0.6) is 5.75 Å². The van der Waals surface area contributed by atoms with E-state index >= 15 is 0 Å². The summed E-state index contributed by atoms with van der Waals surface area (Å²) in [5, 5.41) is 8.62. The molecule has 1 aliphatic rings. The second-order valence-electron chi connectivity index (χ2n) is 8.39. The Hall–Kier alpha value is -3.77. The van der Waals surface area contributed by atoms with Crippen molar-refractivity contribution in [1.82, 2.24) is 19.6 Å². The topological polar surface area (TPSA) is 126 Å². The predicted octanol–water partition coefficient (Wildman–Crippen LogP) is 2.70. The van der Waals surface area contributed by atoms with Gasteiger partial charge in [-0.15, -0.1) is 0 Å². The summed E-state index contributed by atoms with van der Waals surface area (Å²) in [5.41, 5.74) is 2.72. The number of methoxy groups -OCH3 is 1. The van der Waals surface area contributed by atoms with Gasteiger partial charge in [-0.05, 0) is 35.7 Å². The Morgan fingerprint density at radius 3 is 2.67 bits per heavy atom. The molecular formula is C24H27FN6O4S. The summed E-state index contributed by atoms with van der Waals surface area (Å²) in [7, 11) is 0.980. The maximum atomic E-state index is 14.8. The van der Waals surface area contributed by atoms with Crippen LogP contribution in [0.25, 0.3) is 0 Å². The number of hydrogen-bond acceptors (Lipinski definition) is 8. The number of sulfonamides is 1. The van der Waals surface area contributed by atoms with Crippen molar-refractivity contribution >= 4 is 33.4 Å². The van der Waals surface area contributed by atoms with Crippen molar-refractivity contribution in [3.8, 4) is 5.75 Å². The van der Waals surface area contributed by atoms with Gasteiger partial charge in [0, 0.05) is 19.7 Å². The van der Waals surface area contributed by atoms with Crippen molar-refractivity contribution < 1.29 is 22.3 Å². The average molecular weight is 515 g/mol. The molecule has 1 heterocycles. The van der Waals surface area contributed by atoms with Crippen LogP contribution in [0.1, 0.15) is 27.5 Å². The van der Waals surface area contributed by atoms with Gasteiger partial charge in [0.1, 0.15) is 5.75 Å². The molecule has 0 fully saturated rings. The number of aromatic nitrogens is 2. The average Bonchev–Trinajstić information content (AvgIpc) is 3.22. The van der Waals surface area contributed by atoms with Crippen LogP contribution in [0.15, 0.2) is 48.7 Å². The molecule has 0 saturated heterocycles. The molecule has 0 unspecified atom stereocenters. The van der Waals surface area contributed by atoms with Crippen LogP contribution in [-0.4, -0.2) is 62.1 Å². The molecule has 0 bridgehead atoms. The molecule has 36 heavy (non-hydrogen) atoms. The molecule has 4 rings (SSSR count). The number of ether oxygens (including phenoxy) is 1. The molecular weight excluding hydrogens is 487 g/mol. The lowest BCUT2D eigenvalue weighted by Gasteiger charge is -2.29. The smallest absolute Gasteiger partial charge is 0.251 e. The van der Waals surface area contributed by atoms with Gasteiger partial charge in [0.2, 0.25) is 16.0 Å². The third kappa shape index (κ3) is 5.09. The summed E-state index contributed by atoms with van der Waals surface area (Å²) in [4.78, 5) is 20.2. The van der Waals surface area contributed by atoms with Gasteiger partial charge in [-0.1, -0.05) is 24.3 Å². The number of amides is 1. The number of fused-ring (bicyclic) bond motifs is 1. The zero-order valence-electron chi connectivity index (χ0n) is 20.2. The van der Waals surface area contributed by atoms with Gasteiger partial charge in [0.25, 0.3) is 5.91 Å². The number of hydrogen-bond donors (Lipinski definition) is 3. The van der Waals surface area contributed by atoms with E-state index in [2.05, 4.69) is 25.9 Å². The van der Waals surface area contributed by atoms with Crippen LogP contribution in [0, 0.1) is 5.82 Å². The number of carbonyl (C=O) groups is 1. The maximum absolute atomic E-state index is 14.8. The fourth-order valence-electron chi connectivity index (χ4n) is 4.26. The number of likely N-dealkylation sites (N-methyl/N-ethyl adjacent to an activating group) is 1. The zero-order chi connectivity index (χ0) is 26.0. The summed E-state index contributed by atoms with van der Waals surface area (Å²) in [6, 6.07) is 11.3. The fraction of sp³-hybridized carbons (Fsp3) is 0.292. The molecule has 0 aliphatic heterocycles. The van der Waals surface area contributed by atoms with E-state index in [1.807, 2.05) is 24.3 Å². The summed E-state index contributed by atoms with van der Waals surface area (Å²) in [6.07, 6.45) is 2.66. The molecule has 0 saturated carbocycles. The van der Waals surface area contributed by atoms with Crippen LogP contribution < -0.4 is 20.7 Å². The van der Waals surface area contributed by atoms with Crippen LogP contribution in [0.3, 0.4) is 0 Å². The molecule has 10 nitrogen and oxygen atoms in total. The summed E-state index contributed by atoms with van der Waals surface area (Å²) >= 11 is 0. The van der Waals surface area contributed by atoms with Gasteiger partial charge in [0.05, 0.1) is 37.3 Å². The van der Waals surface area contributed by atoms with Crippen LogP contribution in [0.2, 0.25) is 0 Å². The number of benzene rings is 2. The second kappa shape index (κ2) is 10.1. The van der Waals surface area contributed by atoms with Gasteiger partial charge >= 0.3 is 0 Å². The predicted molar refractivity (Wildman–Crippen MR) is 135 cm³/mol. The Balaban J connectivity index is 1.62. The molecule has 0 spiro atoms. The van der Waals surface area contributed by atoms with E-state index in [1.165, 1.54) is 25.5 Å². The highest BCUT2D eigenvalue weighted by Gasteiger charge is 2.39. The first-order chi connectivity index (χ1) is 17.1. The first kappa shape index (κ1) is 25.3. The normalized spacial score (nSPS) is 16.9. The van der Waals surface area contributed by atoms with E-state index in [0.717, 1.165) is 23.6 Å². The third-order valence-electron chi connectivity index (χ3n) is 6.11. The first-order valence-corrected chi connectivity index (χ1v) is 12.9. The summed E-state index contributed by atoms with van der Waals surface area (Å²) in [5.74, 6) is -0.555. The van der Waals surface area contributed by atoms with E-state index in [9.17, 15) is 17.6 Å². The number of carbonyl (C=O) groups excluding carboxylic acids is 1. The Kier molecular flexibility index (Phi) is 7.09. The van der Waals surface area contributed by atoms with Crippen molar-refractivity contribution in [2.75, 3.05) is 38.1 Å². The van der Waals surface area contributed by atoms with Crippen LogP contribution >= 0.6 is 0 Å². The number of nitrogens with one attached hydrogen (secondary N) is 3. The molecule has 1 aromatic heterocycles. The highest BCUT2D eigenvalue weighted by molar-refractivity contribution is 7.88. The Morgan fingerprint density at radius 1 is 1.22 bits per heavy atom. The minimum atomic E-state index is -3.52. The highest BCUT2D eigenvalue weighted by atomic mass is 32.2. The molecule has 1 aliphatic carbocycles. The third-order valence-corrected chi connectivity index (χ3v) is 7.39. The molecule has 12 heteroatoms. The number of rotatable bonds is 8. The van der Waals surface area contributed by atoms with Crippen molar-refractivity contribution in [1.29, 1.82) is 0 Å². The first-order valence-electron chi connectivity index (χ1n) is 11.1. The lowest BCUT2D eigenvalue weighted by atomic mass is 10.1. The van der Waals surface area contributed by atoms with Gasteiger partial charge in [-0.3, -0.25) is 4.79 Å². The van der Waals surface area contributed by atoms with Crippen LogP contribution in [0.4, 0.5) is 21.8 Å². The van der Waals surface area contributed by atoms with Crippen molar-refractivity contribution in [2.45, 2.75) is 18.5 Å². The fourth-order valence-corrected chi connectivity index (χ4v) is 4.94. The highest BCUT2D eigenvalue weighted by Crippen LogP contribution is 2.38. The standard InChI is InChI=1S/C24H27FN6O4S/c1-26-23(32)15-9-10-18(20(12-15)35-3)29-24-27-13-17(25)22(30-24)28-19-11-14-7-5-6-8-16(14)21(19)31(2)36(4,33)34/h5-10,12-13,19,21H,11H2,1-4H3,(H,26,32)(H2,27,28,29,30)/t19-,21-/m1/s1. The molecule has 3 aromatic rings. The van der Waals surface area contributed by atoms with Crippen molar-refractivity contribution in [2.24, 2.45) is 0 Å². The van der Waals surface area contributed by atoms with Crippen molar-refractivity contribution in [3.63, 3.8) is 0 Å². The summed E-state index contributed by atoms with van der Waals surface area (Å²) < 4.78 is 46.1. The molecule has 3 N–H and O–H groups in total. The minimum Gasteiger partial charge on any atom is -0.495 e. The molecule has 0 radical (unpaired) electrons. The van der Waals surface area contributed by atoms with Crippen LogP contribution in [-0.2, 0) is 16.4 Å². The quantitative estimate of drug-likeness (QED) is 0.419. The summed E-state index contributed by atoms with van der Waals surface area (Å²) in [6.45, 7) is 0. The SMILES string of the molecule is CNC(=O)c1ccc(Nc2ncc(F)c(N[C@@H]3Cc4ccccc4[C@H]3N(C)S(C)(=O)=O)n2)c(OC)c1. The molecule has 190 valence electrons. The van der Waals surface area contributed by atoms with E-state index in [0.29, 0.717) is 23.4 Å². The van der Waals surface area contributed by atoms with E-state index in [1.54, 1.807) is 18.2 Å². The Morgan fingerprint density at radius 2 is 1.97 bits per heavy atom. The number of halogens is 1. The van der Waals surface area contributed by atoms with Gasteiger partial charge in [-0.2, -0.15) is 9.29 Å². The minimum absolute atomic E-state index is 0.0712. The molecule has 2 atom stereocenters. The Labute approximate surface area is 209 Å². The second-order valence-corrected chi connectivity index (χ2v) is 10.4. The maximum Gasteiger partial charge on any atom is 0.251 e. The largest absolute Gasteiger partial charge is 0.495 e. The molecule has 1 amide bonds. The van der Waals surface area contributed by atoms with E-state index in [-0.39, 0.29) is 17.7 Å². The van der Waals surface area contributed by atoms with Gasteiger partial charge in [0.15, 0.2) is 11.6 Å². The van der Waals surface area contributed by atoms with Gasteiger partial charge in [-0.25, -0.2) is 17.8 Å². The Bertz CT molecular complexity index is 1400. The van der Waals surface area contributed by atoms with E-state index in [4.69, 9.17) is 4.74 Å². The number of nitrogens with zero attached hydrogens (tertiary/aromatic N) is 3. The molecule has 2 aromatic carbocycles.